The molecule has 1 aromatic rings. The van der Waals surface area contributed by atoms with Crippen LogP contribution >= 0.6 is 0 Å². The molecule has 1 N–H and O–H groups in total. The molecule has 4 aliphatic rings. The molecule has 0 aromatic heterocycles. The SMILES string of the molecule is CCO[C@H]1CN(C(=O)[C@H](CC(C)(C)C)NC(=O)c2ccc(C3CCN(C4CCC4)CC3)cc2)[C@@H]2C(=O)CO[C@H]12. The maximum absolute atomic E-state index is 13.8. The van der Waals surface area contributed by atoms with Gasteiger partial charge in [-0.3, -0.25) is 14.4 Å². The van der Waals surface area contributed by atoms with E-state index < -0.39 is 18.2 Å². The maximum atomic E-state index is 13.8. The van der Waals surface area contributed by atoms with Crippen LogP contribution in [0.5, 0.6) is 0 Å². The van der Waals surface area contributed by atoms with Crippen LogP contribution in [0.15, 0.2) is 24.3 Å². The fourth-order valence-corrected chi connectivity index (χ4v) is 6.71. The third-order valence-corrected chi connectivity index (χ3v) is 8.99. The summed E-state index contributed by atoms with van der Waals surface area (Å²) >= 11 is 0. The maximum Gasteiger partial charge on any atom is 0.251 e. The van der Waals surface area contributed by atoms with E-state index >= 15 is 0 Å². The summed E-state index contributed by atoms with van der Waals surface area (Å²) in [6, 6.07) is 7.32. The molecule has 0 bridgehead atoms. The number of likely N-dealkylation sites (tertiary alicyclic amines) is 2. The van der Waals surface area contributed by atoms with Crippen molar-refractivity contribution in [2.45, 2.75) is 102 Å². The van der Waals surface area contributed by atoms with Gasteiger partial charge >= 0.3 is 0 Å². The van der Waals surface area contributed by atoms with E-state index in [-0.39, 0.29) is 35.7 Å². The second kappa shape index (κ2) is 11.7. The average molecular weight is 540 g/mol. The Morgan fingerprint density at radius 1 is 1.10 bits per heavy atom. The van der Waals surface area contributed by atoms with Crippen LogP contribution in [0.4, 0.5) is 0 Å². The van der Waals surface area contributed by atoms with Crippen LogP contribution in [0, 0.1) is 5.41 Å². The molecule has 39 heavy (non-hydrogen) atoms. The second-order valence-corrected chi connectivity index (χ2v) is 13.0. The van der Waals surface area contributed by atoms with Gasteiger partial charge in [0.1, 0.15) is 30.9 Å². The summed E-state index contributed by atoms with van der Waals surface area (Å²) in [6.45, 7) is 11.1. The largest absolute Gasteiger partial charge is 0.374 e. The summed E-state index contributed by atoms with van der Waals surface area (Å²) in [4.78, 5) is 44.1. The number of ketones is 1. The smallest absolute Gasteiger partial charge is 0.251 e. The Morgan fingerprint density at radius 2 is 1.79 bits per heavy atom. The van der Waals surface area contributed by atoms with Gasteiger partial charge in [-0.2, -0.15) is 0 Å². The molecule has 0 unspecified atom stereocenters. The van der Waals surface area contributed by atoms with E-state index in [0.717, 1.165) is 32.0 Å². The Balaban J connectivity index is 1.24. The van der Waals surface area contributed by atoms with E-state index in [9.17, 15) is 14.4 Å². The van der Waals surface area contributed by atoms with Gasteiger partial charge in [-0.25, -0.2) is 0 Å². The number of benzene rings is 1. The lowest BCUT2D eigenvalue weighted by Crippen LogP contribution is -2.53. The van der Waals surface area contributed by atoms with Gasteiger partial charge < -0.3 is 24.6 Å². The minimum Gasteiger partial charge on any atom is -0.374 e. The Morgan fingerprint density at radius 3 is 2.38 bits per heavy atom. The summed E-state index contributed by atoms with van der Waals surface area (Å²) in [7, 11) is 0. The predicted octanol–water partition coefficient (Wildman–Crippen LogP) is 3.54. The van der Waals surface area contributed by atoms with Gasteiger partial charge in [0.25, 0.3) is 5.91 Å². The highest BCUT2D eigenvalue weighted by Gasteiger charge is 2.53. The molecule has 2 amide bonds. The Hall–Kier alpha value is -2.29. The van der Waals surface area contributed by atoms with Crippen molar-refractivity contribution < 1.29 is 23.9 Å². The van der Waals surface area contributed by atoms with Gasteiger partial charge in [-0.05, 0) is 81.1 Å². The first kappa shape index (κ1) is 28.2. The van der Waals surface area contributed by atoms with Crippen LogP contribution in [-0.2, 0) is 19.1 Å². The highest BCUT2D eigenvalue weighted by Crippen LogP contribution is 2.34. The van der Waals surface area contributed by atoms with Crippen molar-refractivity contribution in [2.75, 3.05) is 32.8 Å². The van der Waals surface area contributed by atoms with Gasteiger partial charge in [0.15, 0.2) is 5.78 Å². The molecule has 214 valence electrons. The zero-order valence-corrected chi connectivity index (χ0v) is 24.0. The molecular formula is C31H45N3O5. The molecular weight excluding hydrogens is 494 g/mol. The number of rotatable bonds is 8. The first-order valence-electron chi connectivity index (χ1n) is 14.9. The van der Waals surface area contributed by atoms with Crippen molar-refractivity contribution in [3.63, 3.8) is 0 Å². The predicted molar refractivity (Wildman–Crippen MR) is 149 cm³/mol. The summed E-state index contributed by atoms with van der Waals surface area (Å²) in [5, 5.41) is 3.01. The lowest BCUT2D eigenvalue weighted by atomic mass is 9.85. The fraction of sp³-hybridized carbons (Fsp3) is 0.710. The number of carbonyl (C=O) groups is 3. The number of nitrogens with zero attached hydrogens (tertiary/aromatic N) is 2. The minimum absolute atomic E-state index is 0.00899. The molecule has 0 radical (unpaired) electrons. The lowest BCUT2D eigenvalue weighted by molar-refractivity contribution is -0.139. The summed E-state index contributed by atoms with van der Waals surface area (Å²) < 4.78 is 11.5. The van der Waals surface area contributed by atoms with E-state index in [1.807, 2.05) is 39.8 Å². The van der Waals surface area contributed by atoms with Crippen LogP contribution in [-0.4, -0.2) is 90.6 Å². The zero-order valence-electron chi connectivity index (χ0n) is 24.0. The van der Waals surface area contributed by atoms with Gasteiger partial charge in [0.2, 0.25) is 5.91 Å². The molecule has 1 aliphatic carbocycles. The Bertz CT molecular complexity index is 1040. The normalized spacial score (nSPS) is 27.3. The number of carbonyl (C=O) groups excluding carboxylic acids is 3. The Labute approximate surface area is 232 Å². The highest BCUT2D eigenvalue weighted by molar-refractivity contribution is 5.99. The molecule has 8 nitrogen and oxygen atoms in total. The number of hydrogen-bond donors (Lipinski definition) is 1. The highest BCUT2D eigenvalue weighted by atomic mass is 16.6. The van der Waals surface area contributed by atoms with Gasteiger partial charge in [-0.1, -0.05) is 39.3 Å². The van der Waals surface area contributed by atoms with Crippen molar-refractivity contribution in [1.29, 1.82) is 0 Å². The summed E-state index contributed by atoms with van der Waals surface area (Å²) in [5.74, 6) is -0.0917. The topological polar surface area (TPSA) is 88.2 Å². The number of hydrogen-bond acceptors (Lipinski definition) is 6. The first-order chi connectivity index (χ1) is 18.6. The van der Waals surface area contributed by atoms with Crippen LogP contribution in [0.1, 0.15) is 88.1 Å². The number of amides is 2. The molecule has 4 atom stereocenters. The van der Waals surface area contributed by atoms with Crippen LogP contribution < -0.4 is 5.32 Å². The van der Waals surface area contributed by atoms with E-state index in [0.29, 0.717) is 31.1 Å². The van der Waals surface area contributed by atoms with E-state index in [1.165, 1.54) is 24.8 Å². The first-order valence-corrected chi connectivity index (χ1v) is 14.9. The second-order valence-electron chi connectivity index (χ2n) is 13.0. The molecule has 4 fully saturated rings. The minimum atomic E-state index is -0.748. The number of fused-ring (bicyclic) bond motifs is 1. The van der Waals surface area contributed by atoms with Crippen LogP contribution in [0.25, 0.3) is 0 Å². The third kappa shape index (κ3) is 6.23. The monoisotopic (exact) mass is 539 g/mol. The van der Waals surface area contributed by atoms with Crippen molar-refractivity contribution >= 4 is 17.6 Å². The summed E-state index contributed by atoms with van der Waals surface area (Å²) in [5.41, 5.74) is 1.62. The van der Waals surface area contributed by atoms with Crippen LogP contribution in [0.2, 0.25) is 0 Å². The fourth-order valence-electron chi connectivity index (χ4n) is 6.71. The van der Waals surface area contributed by atoms with E-state index in [2.05, 4.69) is 22.3 Å². The molecule has 3 aliphatic heterocycles. The Kier molecular flexibility index (Phi) is 8.45. The average Bonchev–Trinajstić information content (AvgIpc) is 3.43. The van der Waals surface area contributed by atoms with Crippen molar-refractivity contribution in [3.05, 3.63) is 35.4 Å². The molecule has 3 saturated heterocycles. The molecule has 0 spiro atoms. The van der Waals surface area contributed by atoms with Crippen molar-refractivity contribution in [2.24, 2.45) is 5.41 Å². The molecule has 3 heterocycles. The van der Waals surface area contributed by atoms with Gasteiger partial charge in [0, 0.05) is 18.2 Å². The zero-order chi connectivity index (χ0) is 27.7. The number of piperidine rings is 1. The number of nitrogens with one attached hydrogen (secondary N) is 1. The standard InChI is InChI=1S/C31H45N3O5/c1-5-38-26-18-34(27-25(35)19-39-28(26)27)30(37)24(17-31(2,3)4)32-29(36)22-11-9-20(10-12-22)21-13-15-33(16-14-21)23-7-6-8-23/h9-12,21,23-24,26-28H,5-8,13-19H2,1-4H3,(H,32,36)/t24-,26-,27+,28+/m0/s1. The van der Waals surface area contributed by atoms with Crippen molar-refractivity contribution in [1.82, 2.24) is 15.1 Å². The van der Waals surface area contributed by atoms with E-state index in [1.54, 1.807) is 4.90 Å². The molecule has 8 heteroatoms. The lowest BCUT2D eigenvalue weighted by Gasteiger charge is -2.42. The van der Waals surface area contributed by atoms with E-state index in [4.69, 9.17) is 9.47 Å². The van der Waals surface area contributed by atoms with Crippen LogP contribution in [0.3, 0.4) is 0 Å². The molecule has 1 saturated carbocycles. The van der Waals surface area contributed by atoms with Gasteiger partial charge in [-0.15, -0.1) is 0 Å². The molecule has 5 rings (SSSR count). The third-order valence-electron chi connectivity index (χ3n) is 8.99. The van der Waals surface area contributed by atoms with Gasteiger partial charge in [0.05, 0.1) is 6.54 Å². The van der Waals surface area contributed by atoms with Crippen molar-refractivity contribution in [3.8, 4) is 0 Å². The number of ether oxygens (including phenoxy) is 2. The molecule has 1 aromatic carbocycles. The number of Topliss-reactive ketones (excluding diaryl/α,β-unsaturated/α-hetero) is 1. The summed E-state index contributed by atoms with van der Waals surface area (Å²) in [6.07, 6.45) is 6.07. The quantitative estimate of drug-likeness (QED) is 0.544.